The summed E-state index contributed by atoms with van der Waals surface area (Å²) < 4.78 is 5.10. The molecule has 3 atom stereocenters. The van der Waals surface area contributed by atoms with Gasteiger partial charge in [-0.15, -0.1) is 11.3 Å². The zero-order valence-electron chi connectivity index (χ0n) is 22.8. The monoisotopic (exact) mass is 560 g/mol. The summed E-state index contributed by atoms with van der Waals surface area (Å²) in [4.78, 5) is 0. The molecule has 8 aromatic rings. The second kappa shape index (κ2) is 9.51. The Bertz CT molecular complexity index is 2270. The van der Waals surface area contributed by atoms with Gasteiger partial charge in [0.05, 0.1) is 23.4 Å². The van der Waals surface area contributed by atoms with Crippen LogP contribution in [0.15, 0.2) is 133 Å². The van der Waals surface area contributed by atoms with Crippen LogP contribution in [0.3, 0.4) is 0 Å². The quantitative estimate of drug-likeness (QED) is 0.202. The molecular weight excluding hydrogens is 533 g/mol. The maximum atomic E-state index is 3.94. The Morgan fingerprint density at radius 3 is 2.05 bits per heavy atom. The molecule has 0 saturated carbocycles. The molecule has 1 fully saturated rings. The van der Waals surface area contributed by atoms with Crippen LogP contribution >= 0.6 is 11.3 Å². The summed E-state index contributed by atoms with van der Waals surface area (Å²) in [5.74, 6) is 0. The minimum absolute atomic E-state index is 0.0433. The van der Waals surface area contributed by atoms with Crippen LogP contribution in [-0.2, 0) is 0 Å². The lowest BCUT2D eigenvalue weighted by Crippen LogP contribution is -2.56. The molecule has 0 aliphatic carbocycles. The molecule has 3 N–H and O–H groups in total. The van der Waals surface area contributed by atoms with E-state index >= 15 is 0 Å². The SMILES string of the molecule is c1ccc(C2NC(c3ccc4ccccc4c3)NC(n3c4ccccc4c4cc5c(cc43)sc3ccccc35)N2)cc1. The average Bonchev–Trinajstić information content (AvgIpc) is 3.58. The van der Waals surface area contributed by atoms with Gasteiger partial charge in [-0.25, -0.2) is 0 Å². The topological polar surface area (TPSA) is 41.0 Å². The standard InChI is InChI=1S/C37H28N4S/c1-2-11-24(12-3-1)35-38-36(26-19-18-23-10-4-5-13-25(23)20-26)40-37(39-35)41-31-16-8-6-14-27(31)29-21-30-28-15-7-9-17-33(28)42-34(30)22-32(29)41/h1-22,35-40H. The molecule has 0 radical (unpaired) electrons. The molecule has 9 rings (SSSR count). The fourth-order valence-electron chi connectivity index (χ4n) is 6.69. The third-order valence-corrected chi connectivity index (χ3v) is 9.82. The van der Waals surface area contributed by atoms with Gasteiger partial charge in [0.2, 0.25) is 0 Å². The summed E-state index contributed by atoms with van der Waals surface area (Å²) in [6.45, 7) is 0. The number of hydrogen-bond donors (Lipinski definition) is 3. The molecule has 42 heavy (non-hydrogen) atoms. The van der Waals surface area contributed by atoms with Gasteiger partial charge in [0.25, 0.3) is 0 Å². The molecule has 1 aliphatic heterocycles. The molecule has 0 spiro atoms. The predicted octanol–water partition coefficient (Wildman–Crippen LogP) is 8.95. The van der Waals surface area contributed by atoms with E-state index in [9.17, 15) is 0 Å². The first kappa shape index (κ1) is 24.1. The third kappa shape index (κ3) is 3.79. The van der Waals surface area contributed by atoms with Crippen molar-refractivity contribution in [1.29, 1.82) is 0 Å². The van der Waals surface area contributed by atoms with Gasteiger partial charge in [0.15, 0.2) is 0 Å². The van der Waals surface area contributed by atoms with Crippen molar-refractivity contribution in [2.45, 2.75) is 18.6 Å². The number of benzene rings is 6. The second-order valence-electron chi connectivity index (χ2n) is 11.1. The van der Waals surface area contributed by atoms with E-state index in [2.05, 4.69) is 154 Å². The van der Waals surface area contributed by atoms with E-state index < -0.39 is 0 Å². The maximum absolute atomic E-state index is 3.94. The third-order valence-electron chi connectivity index (χ3n) is 8.69. The number of rotatable bonds is 3. The van der Waals surface area contributed by atoms with E-state index in [0.29, 0.717) is 0 Å². The Balaban J connectivity index is 1.24. The van der Waals surface area contributed by atoms with E-state index in [1.165, 1.54) is 63.9 Å². The number of para-hydroxylation sites is 1. The molecule has 1 aliphatic rings. The van der Waals surface area contributed by atoms with Crippen molar-refractivity contribution >= 4 is 64.1 Å². The van der Waals surface area contributed by atoms with Crippen LogP contribution in [0.4, 0.5) is 0 Å². The normalized spacial score (nSPS) is 19.4. The Kier molecular flexibility index (Phi) is 5.46. The Hall–Kier alpha value is -4.52. The highest BCUT2D eigenvalue weighted by Crippen LogP contribution is 2.41. The van der Waals surface area contributed by atoms with E-state index in [1.807, 2.05) is 11.3 Å². The average molecular weight is 561 g/mol. The van der Waals surface area contributed by atoms with Gasteiger partial charge in [0.1, 0.15) is 6.29 Å². The van der Waals surface area contributed by atoms with E-state index in [0.717, 1.165) is 0 Å². The molecule has 1 saturated heterocycles. The van der Waals surface area contributed by atoms with E-state index in [4.69, 9.17) is 0 Å². The first-order chi connectivity index (χ1) is 20.8. The molecular formula is C37H28N4S. The van der Waals surface area contributed by atoms with Gasteiger partial charge in [0, 0.05) is 30.9 Å². The molecule has 3 heterocycles. The van der Waals surface area contributed by atoms with Crippen LogP contribution in [0, 0.1) is 0 Å². The minimum Gasteiger partial charge on any atom is -0.311 e. The number of thiophene rings is 1. The van der Waals surface area contributed by atoms with Crippen molar-refractivity contribution in [1.82, 2.24) is 20.5 Å². The summed E-state index contributed by atoms with van der Waals surface area (Å²) in [6, 6.07) is 48.3. The molecule has 0 bridgehead atoms. The van der Waals surface area contributed by atoms with E-state index in [-0.39, 0.29) is 18.6 Å². The smallest absolute Gasteiger partial charge is 0.142 e. The highest BCUT2D eigenvalue weighted by Gasteiger charge is 2.31. The molecule has 2 aromatic heterocycles. The Morgan fingerprint density at radius 1 is 0.452 bits per heavy atom. The fraction of sp³-hybridized carbons (Fsp3) is 0.0811. The first-order valence-corrected chi connectivity index (χ1v) is 15.3. The van der Waals surface area contributed by atoms with Crippen LogP contribution < -0.4 is 16.0 Å². The lowest BCUT2D eigenvalue weighted by atomic mass is 10.0. The van der Waals surface area contributed by atoms with Crippen LogP contribution in [0.5, 0.6) is 0 Å². The van der Waals surface area contributed by atoms with Crippen LogP contribution in [-0.4, -0.2) is 4.57 Å². The minimum atomic E-state index is -0.151. The molecule has 0 amide bonds. The lowest BCUT2D eigenvalue weighted by molar-refractivity contribution is 0.161. The summed E-state index contributed by atoms with van der Waals surface area (Å²) in [7, 11) is 0. The van der Waals surface area contributed by atoms with Gasteiger partial charge >= 0.3 is 0 Å². The van der Waals surface area contributed by atoms with Crippen molar-refractivity contribution in [2.75, 3.05) is 0 Å². The second-order valence-corrected chi connectivity index (χ2v) is 12.2. The predicted molar refractivity (Wildman–Crippen MR) is 177 cm³/mol. The summed E-state index contributed by atoms with van der Waals surface area (Å²) in [5.41, 5.74) is 4.87. The summed E-state index contributed by atoms with van der Waals surface area (Å²) >= 11 is 1.87. The maximum Gasteiger partial charge on any atom is 0.142 e. The molecule has 5 heteroatoms. The molecule has 4 nitrogen and oxygen atoms in total. The van der Waals surface area contributed by atoms with Gasteiger partial charge in [-0.3, -0.25) is 16.0 Å². The van der Waals surface area contributed by atoms with Gasteiger partial charge in [-0.2, -0.15) is 0 Å². The van der Waals surface area contributed by atoms with Gasteiger partial charge in [-0.05, 0) is 52.2 Å². The molecule has 3 unspecified atom stereocenters. The Labute approximate surface area is 247 Å². The fourth-order valence-corrected chi connectivity index (χ4v) is 7.81. The number of nitrogens with zero attached hydrogens (tertiary/aromatic N) is 1. The highest BCUT2D eigenvalue weighted by molar-refractivity contribution is 7.25. The van der Waals surface area contributed by atoms with Gasteiger partial charge < -0.3 is 4.57 Å². The van der Waals surface area contributed by atoms with Gasteiger partial charge in [-0.1, -0.05) is 103 Å². The summed E-state index contributed by atoms with van der Waals surface area (Å²) in [5, 5.41) is 19.4. The number of aromatic nitrogens is 1. The number of hydrogen-bond acceptors (Lipinski definition) is 4. The van der Waals surface area contributed by atoms with Crippen molar-refractivity contribution in [3.63, 3.8) is 0 Å². The molecule has 6 aromatic carbocycles. The van der Waals surface area contributed by atoms with Crippen LogP contribution in [0.1, 0.15) is 29.7 Å². The number of fused-ring (bicyclic) bond motifs is 7. The van der Waals surface area contributed by atoms with Crippen molar-refractivity contribution in [3.05, 3.63) is 145 Å². The highest BCUT2D eigenvalue weighted by atomic mass is 32.1. The number of nitrogens with one attached hydrogen (secondary N) is 3. The van der Waals surface area contributed by atoms with E-state index in [1.54, 1.807) is 0 Å². The first-order valence-electron chi connectivity index (χ1n) is 14.5. The lowest BCUT2D eigenvalue weighted by Gasteiger charge is -2.40. The van der Waals surface area contributed by atoms with Crippen molar-refractivity contribution < 1.29 is 0 Å². The zero-order chi connectivity index (χ0) is 27.6. The summed E-state index contributed by atoms with van der Waals surface area (Å²) in [6.07, 6.45) is -0.254. The zero-order valence-corrected chi connectivity index (χ0v) is 23.6. The van der Waals surface area contributed by atoms with Crippen molar-refractivity contribution in [2.24, 2.45) is 0 Å². The van der Waals surface area contributed by atoms with Crippen molar-refractivity contribution in [3.8, 4) is 0 Å². The Morgan fingerprint density at radius 2 is 1.17 bits per heavy atom. The van der Waals surface area contributed by atoms with Crippen LogP contribution in [0.2, 0.25) is 0 Å². The molecule has 202 valence electrons. The van der Waals surface area contributed by atoms with Crippen LogP contribution in [0.25, 0.3) is 52.8 Å². The largest absolute Gasteiger partial charge is 0.311 e.